The summed E-state index contributed by atoms with van der Waals surface area (Å²) in [6.07, 6.45) is -0.0208. The predicted octanol–water partition coefficient (Wildman–Crippen LogP) is 0.0987. The molecule has 0 saturated heterocycles. The molecule has 33 valence electrons. The van der Waals surface area contributed by atoms with Gasteiger partial charge in [-0.05, 0) is 6.92 Å². The largest absolute Gasteiger partial charge is 0.237 e. The number of hydrogen-bond donors (Lipinski definition) is 0. The Bertz CT molecular complexity index is 72.9. The molecule has 0 fully saturated rings. The standard InChI is InChI=1S/C3H4NO2/c1-3(6)4-2-5/h3H,1H3. The van der Waals surface area contributed by atoms with E-state index in [0.717, 1.165) is 6.08 Å². The van der Waals surface area contributed by atoms with Gasteiger partial charge in [-0.15, -0.1) is 0 Å². The number of aliphatic imine (C=N–C) groups is 1. The molecule has 0 amide bonds. The summed E-state index contributed by atoms with van der Waals surface area (Å²) < 4.78 is 0. The summed E-state index contributed by atoms with van der Waals surface area (Å²) in [7, 11) is 0. The summed E-state index contributed by atoms with van der Waals surface area (Å²) in [4.78, 5) is 11.9. The molecule has 0 heterocycles. The molecule has 0 aliphatic heterocycles. The molecule has 3 nitrogen and oxygen atoms in total. The number of isocyanates is 1. The Morgan fingerprint density at radius 3 is 2.33 bits per heavy atom. The first-order valence-corrected chi connectivity index (χ1v) is 1.50. The van der Waals surface area contributed by atoms with Crippen molar-refractivity contribution in [3.8, 4) is 0 Å². The number of hydrogen-bond acceptors (Lipinski definition) is 2. The molecular formula is C3H4NO2. The molecule has 6 heavy (non-hydrogen) atoms. The molecule has 0 spiro atoms. The molecule has 0 aliphatic carbocycles. The summed E-state index contributed by atoms with van der Waals surface area (Å²) in [5.41, 5.74) is 0. The maximum absolute atomic E-state index is 9.70. The van der Waals surface area contributed by atoms with Crippen molar-refractivity contribution in [1.29, 1.82) is 0 Å². The average molecular weight is 86.1 g/mol. The van der Waals surface area contributed by atoms with Gasteiger partial charge in [0, 0.05) is 0 Å². The maximum Gasteiger partial charge on any atom is 0.237 e. The van der Waals surface area contributed by atoms with Gasteiger partial charge in [-0.25, -0.2) is 9.90 Å². The van der Waals surface area contributed by atoms with Crippen LogP contribution in [0.4, 0.5) is 0 Å². The third kappa shape index (κ3) is 3.34. The van der Waals surface area contributed by atoms with Crippen molar-refractivity contribution in [1.82, 2.24) is 0 Å². The Hall–Kier alpha value is -0.660. The highest BCUT2D eigenvalue weighted by Crippen LogP contribution is 1.74. The Kier molecular flexibility index (Phi) is 2.29. The van der Waals surface area contributed by atoms with Crippen LogP contribution in [0.5, 0.6) is 0 Å². The molecule has 0 saturated carbocycles. The van der Waals surface area contributed by atoms with E-state index < -0.39 is 6.23 Å². The van der Waals surface area contributed by atoms with Crippen molar-refractivity contribution in [3.63, 3.8) is 0 Å². The van der Waals surface area contributed by atoms with Crippen molar-refractivity contribution in [2.24, 2.45) is 4.99 Å². The molecule has 0 aromatic carbocycles. The Labute approximate surface area is 35.3 Å². The van der Waals surface area contributed by atoms with Gasteiger partial charge in [0.15, 0.2) is 6.23 Å². The van der Waals surface area contributed by atoms with Gasteiger partial charge < -0.3 is 0 Å². The lowest BCUT2D eigenvalue weighted by Crippen LogP contribution is -1.87. The zero-order valence-corrected chi connectivity index (χ0v) is 3.34. The van der Waals surface area contributed by atoms with Crippen molar-refractivity contribution in [2.45, 2.75) is 13.2 Å². The average Bonchev–Trinajstić information content (AvgIpc) is 1.35. The molecule has 0 aromatic rings. The SMILES string of the molecule is CC([O])N=C=O. The van der Waals surface area contributed by atoms with Crippen LogP contribution in [-0.4, -0.2) is 12.3 Å². The van der Waals surface area contributed by atoms with E-state index in [2.05, 4.69) is 4.99 Å². The van der Waals surface area contributed by atoms with Gasteiger partial charge in [-0.3, -0.25) is 0 Å². The lowest BCUT2D eigenvalue weighted by atomic mass is 10.7. The fourth-order valence-electron chi connectivity index (χ4n) is 0.0742. The Morgan fingerprint density at radius 2 is 2.33 bits per heavy atom. The van der Waals surface area contributed by atoms with E-state index in [4.69, 9.17) is 4.79 Å². The first kappa shape index (κ1) is 5.34. The van der Waals surface area contributed by atoms with E-state index in [-0.39, 0.29) is 0 Å². The molecule has 0 aliphatic rings. The zero-order chi connectivity index (χ0) is 4.99. The minimum atomic E-state index is -1.15. The molecular weight excluding hydrogens is 82.0 g/mol. The topological polar surface area (TPSA) is 49.3 Å². The van der Waals surface area contributed by atoms with E-state index >= 15 is 0 Å². The van der Waals surface area contributed by atoms with Gasteiger partial charge in [0.25, 0.3) is 0 Å². The Morgan fingerprint density at radius 1 is 1.83 bits per heavy atom. The van der Waals surface area contributed by atoms with Gasteiger partial charge in [0.1, 0.15) is 0 Å². The molecule has 0 bridgehead atoms. The van der Waals surface area contributed by atoms with E-state index in [0.29, 0.717) is 0 Å². The zero-order valence-electron chi connectivity index (χ0n) is 3.34. The van der Waals surface area contributed by atoms with Gasteiger partial charge in [0.2, 0.25) is 6.08 Å². The summed E-state index contributed by atoms with van der Waals surface area (Å²) in [6.45, 7) is 1.27. The first-order valence-electron chi connectivity index (χ1n) is 1.50. The maximum atomic E-state index is 9.70. The van der Waals surface area contributed by atoms with Crippen molar-refractivity contribution < 1.29 is 9.90 Å². The van der Waals surface area contributed by atoms with Crippen LogP contribution in [0, 0.1) is 0 Å². The lowest BCUT2D eigenvalue weighted by Gasteiger charge is -1.78. The van der Waals surface area contributed by atoms with Crippen molar-refractivity contribution in [3.05, 3.63) is 0 Å². The van der Waals surface area contributed by atoms with Gasteiger partial charge in [0.05, 0.1) is 0 Å². The van der Waals surface area contributed by atoms with Gasteiger partial charge in [-0.2, -0.15) is 4.99 Å². The summed E-state index contributed by atoms with van der Waals surface area (Å²) in [6, 6.07) is 0. The van der Waals surface area contributed by atoms with Crippen LogP contribution in [0.15, 0.2) is 4.99 Å². The molecule has 0 rings (SSSR count). The third-order valence-corrected chi connectivity index (χ3v) is 0.235. The van der Waals surface area contributed by atoms with Crippen LogP contribution in [0.25, 0.3) is 0 Å². The summed E-state index contributed by atoms with van der Waals surface area (Å²) in [5.74, 6) is 0. The second-order valence-electron chi connectivity index (χ2n) is 0.820. The van der Waals surface area contributed by atoms with E-state index in [1.165, 1.54) is 6.92 Å². The van der Waals surface area contributed by atoms with Crippen LogP contribution in [0.1, 0.15) is 6.92 Å². The minimum absolute atomic E-state index is 1.13. The molecule has 1 unspecified atom stereocenters. The smallest absolute Gasteiger partial charge is 0.211 e. The molecule has 3 heteroatoms. The van der Waals surface area contributed by atoms with Crippen LogP contribution < -0.4 is 0 Å². The number of nitrogens with zero attached hydrogens (tertiary/aromatic N) is 1. The first-order chi connectivity index (χ1) is 2.77. The number of rotatable bonds is 1. The molecule has 1 atom stereocenters. The highest BCUT2D eigenvalue weighted by atomic mass is 16.3. The lowest BCUT2D eigenvalue weighted by molar-refractivity contribution is 0.114. The van der Waals surface area contributed by atoms with Crippen molar-refractivity contribution >= 4 is 6.08 Å². The van der Waals surface area contributed by atoms with Gasteiger partial charge in [-0.1, -0.05) is 0 Å². The predicted molar refractivity (Wildman–Crippen MR) is 18.3 cm³/mol. The minimum Gasteiger partial charge on any atom is -0.211 e. The fourth-order valence-corrected chi connectivity index (χ4v) is 0.0742. The summed E-state index contributed by atoms with van der Waals surface area (Å²) in [5, 5.41) is 9.70. The van der Waals surface area contributed by atoms with Gasteiger partial charge >= 0.3 is 0 Å². The van der Waals surface area contributed by atoms with E-state index in [1.54, 1.807) is 0 Å². The highest BCUT2D eigenvalue weighted by molar-refractivity contribution is 5.32. The van der Waals surface area contributed by atoms with Crippen LogP contribution in [0.3, 0.4) is 0 Å². The fraction of sp³-hybridized carbons (Fsp3) is 0.667. The van der Waals surface area contributed by atoms with E-state index in [1.807, 2.05) is 0 Å². The van der Waals surface area contributed by atoms with Crippen molar-refractivity contribution in [2.75, 3.05) is 0 Å². The second kappa shape index (κ2) is 2.57. The highest BCUT2D eigenvalue weighted by Gasteiger charge is 1.84. The molecule has 0 aromatic heterocycles. The van der Waals surface area contributed by atoms with E-state index in [9.17, 15) is 5.11 Å². The second-order valence-corrected chi connectivity index (χ2v) is 0.820. The van der Waals surface area contributed by atoms with Crippen LogP contribution in [-0.2, 0) is 9.90 Å². The number of carbonyl (C=O) groups excluding carboxylic acids is 1. The van der Waals surface area contributed by atoms with Crippen LogP contribution in [0.2, 0.25) is 0 Å². The molecule has 1 radical (unpaired) electrons. The van der Waals surface area contributed by atoms with Crippen LogP contribution >= 0.6 is 0 Å². The third-order valence-electron chi connectivity index (χ3n) is 0.235. The summed E-state index contributed by atoms with van der Waals surface area (Å²) >= 11 is 0. The molecule has 0 N–H and O–H groups in total. The normalized spacial score (nSPS) is 12.3. The monoisotopic (exact) mass is 86.0 g/mol. The Balaban J connectivity index is 3.29. The quantitative estimate of drug-likeness (QED) is 0.329.